The number of nitrogens with one attached hydrogen (secondary N) is 1. The molecule has 1 nitrogen and oxygen atoms in total. The van der Waals surface area contributed by atoms with E-state index in [9.17, 15) is 0 Å². The molecule has 26 heavy (non-hydrogen) atoms. The molecule has 0 bridgehead atoms. The third kappa shape index (κ3) is 3.08. The Hall–Kier alpha value is -2.38. The monoisotopic (exact) mass is 341 g/mol. The molecule has 3 aromatic carbocycles. The van der Waals surface area contributed by atoms with Crippen LogP contribution < -0.4 is 5.32 Å². The molecule has 3 aromatic rings. The summed E-state index contributed by atoms with van der Waals surface area (Å²) in [5.41, 5.74) is 7.15. The van der Waals surface area contributed by atoms with Gasteiger partial charge in [-0.25, -0.2) is 0 Å². The van der Waals surface area contributed by atoms with Gasteiger partial charge in [0, 0.05) is 12.5 Å². The Labute approximate surface area is 156 Å². The van der Waals surface area contributed by atoms with Gasteiger partial charge in [0.05, 0.1) is 0 Å². The van der Waals surface area contributed by atoms with Crippen LogP contribution in [0.5, 0.6) is 0 Å². The van der Waals surface area contributed by atoms with Crippen molar-refractivity contribution in [3.05, 3.63) is 88.5 Å². The highest BCUT2D eigenvalue weighted by Gasteiger charge is 2.26. The predicted octanol–water partition coefficient (Wildman–Crippen LogP) is 6.28. The molecule has 0 aliphatic heterocycles. The summed E-state index contributed by atoms with van der Waals surface area (Å²) in [7, 11) is 0. The van der Waals surface area contributed by atoms with Gasteiger partial charge in [-0.3, -0.25) is 0 Å². The summed E-state index contributed by atoms with van der Waals surface area (Å²) in [5, 5.41) is 6.39. The van der Waals surface area contributed by atoms with E-state index in [1.165, 1.54) is 51.4 Å². The fourth-order valence-electron chi connectivity index (χ4n) is 4.23. The van der Waals surface area contributed by atoms with Gasteiger partial charge in [-0.15, -0.1) is 0 Å². The molecule has 0 spiro atoms. The average Bonchev–Trinajstić information content (AvgIpc) is 3.01. The van der Waals surface area contributed by atoms with Crippen molar-refractivity contribution in [2.24, 2.45) is 0 Å². The van der Waals surface area contributed by atoms with E-state index in [1.54, 1.807) is 0 Å². The SMILES string of the molecule is CCCCNCc1c(C2C(C)=Cc3ccccc32)ccc2ccccc12. The number of benzene rings is 3. The summed E-state index contributed by atoms with van der Waals surface area (Å²) >= 11 is 0. The normalized spacial score (nSPS) is 15.9. The highest BCUT2D eigenvalue weighted by atomic mass is 14.8. The Morgan fingerprint density at radius 2 is 1.69 bits per heavy atom. The zero-order chi connectivity index (χ0) is 17.9. The van der Waals surface area contributed by atoms with Gasteiger partial charge in [-0.05, 0) is 52.9 Å². The molecule has 0 saturated carbocycles. The maximum atomic E-state index is 3.68. The van der Waals surface area contributed by atoms with Crippen LogP contribution >= 0.6 is 0 Å². The number of allylic oxidation sites excluding steroid dienone is 1. The van der Waals surface area contributed by atoms with Crippen molar-refractivity contribution < 1.29 is 0 Å². The largest absolute Gasteiger partial charge is 0.313 e. The predicted molar refractivity (Wildman–Crippen MR) is 112 cm³/mol. The number of fused-ring (bicyclic) bond motifs is 2. The van der Waals surface area contributed by atoms with Crippen LogP contribution in [-0.4, -0.2) is 6.54 Å². The third-order valence-electron chi connectivity index (χ3n) is 5.54. The van der Waals surface area contributed by atoms with Crippen molar-refractivity contribution in [3.63, 3.8) is 0 Å². The van der Waals surface area contributed by atoms with E-state index < -0.39 is 0 Å². The van der Waals surface area contributed by atoms with E-state index in [2.05, 4.69) is 85.9 Å². The van der Waals surface area contributed by atoms with Crippen molar-refractivity contribution in [1.82, 2.24) is 5.32 Å². The molecule has 1 unspecified atom stereocenters. The first-order chi connectivity index (χ1) is 12.8. The molecule has 0 saturated heterocycles. The molecule has 132 valence electrons. The minimum absolute atomic E-state index is 0.374. The van der Waals surface area contributed by atoms with E-state index >= 15 is 0 Å². The van der Waals surface area contributed by atoms with Crippen LogP contribution in [0.2, 0.25) is 0 Å². The minimum Gasteiger partial charge on any atom is -0.313 e. The average molecular weight is 341 g/mol. The Morgan fingerprint density at radius 3 is 2.58 bits per heavy atom. The molecule has 0 amide bonds. The minimum atomic E-state index is 0.374. The molecule has 0 heterocycles. The van der Waals surface area contributed by atoms with Crippen LogP contribution in [0.4, 0.5) is 0 Å². The molecular weight excluding hydrogens is 314 g/mol. The van der Waals surface area contributed by atoms with Gasteiger partial charge in [0.1, 0.15) is 0 Å². The lowest BCUT2D eigenvalue weighted by atomic mass is 9.84. The van der Waals surface area contributed by atoms with E-state index in [1.807, 2.05) is 0 Å². The summed E-state index contributed by atoms with van der Waals surface area (Å²) in [6, 6.07) is 22.2. The van der Waals surface area contributed by atoms with Crippen LogP contribution in [0.25, 0.3) is 16.8 Å². The van der Waals surface area contributed by atoms with Crippen molar-refractivity contribution in [3.8, 4) is 0 Å². The van der Waals surface area contributed by atoms with Gasteiger partial charge in [0.15, 0.2) is 0 Å². The van der Waals surface area contributed by atoms with Crippen molar-refractivity contribution >= 4 is 16.8 Å². The fourth-order valence-corrected chi connectivity index (χ4v) is 4.23. The molecule has 0 aromatic heterocycles. The maximum absolute atomic E-state index is 3.68. The van der Waals surface area contributed by atoms with E-state index in [0.29, 0.717) is 5.92 Å². The van der Waals surface area contributed by atoms with Gasteiger partial charge in [0.25, 0.3) is 0 Å². The van der Waals surface area contributed by atoms with E-state index in [0.717, 1.165) is 13.1 Å². The van der Waals surface area contributed by atoms with Crippen LogP contribution in [0, 0.1) is 0 Å². The second-order valence-corrected chi connectivity index (χ2v) is 7.34. The highest BCUT2D eigenvalue weighted by molar-refractivity contribution is 5.88. The lowest BCUT2D eigenvalue weighted by Crippen LogP contribution is -2.17. The molecule has 1 aliphatic rings. The standard InChI is InChI=1S/C25H27N/c1-3-4-15-26-17-24-21-11-7-5-9-19(21)13-14-23(24)25-18(2)16-20-10-6-8-12-22(20)25/h5-14,16,25-26H,3-4,15,17H2,1-2H3. The Bertz CT molecular complexity index is 951. The van der Waals surface area contributed by atoms with Crippen molar-refractivity contribution in [2.75, 3.05) is 6.54 Å². The van der Waals surface area contributed by atoms with Crippen molar-refractivity contribution in [2.45, 2.75) is 39.2 Å². The summed E-state index contributed by atoms with van der Waals surface area (Å²) in [6.07, 6.45) is 4.81. The summed E-state index contributed by atoms with van der Waals surface area (Å²) < 4.78 is 0. The fraction of sp³-hybridized carbons (Fsp3) is 0.280. The second kappa shape index (κ2) is 7.47. The van der Waals surface area contributed by atoms with Crippen LogP contribution in [0.15, 0.2) is 66.2 Å². The van der Waals surface area contributed by atoms with Gasteiger partial charge in [-0.1, -0.05) is 85.7 Å². The van der Waals surface area contributed by atoms with Crippen LogP contribution in [-0.2, 0) is 6.54 Å². The number of hydrogen-bond acceptors (Lipinski definition) is 1. The quantitative estimate of drug-likeness (QED) is 0.520. The van der Waals surface area contributed by atoms with E-state index in [4.69, 9.17) is 0 Å². The Morgan fingerprint density at radius 1 is 0.885 bits per heavy atom. The topological polar surface area (TPSA) is 12.0 Å². The maximum Gasteiger partial charge on any atom is 0.0308 e. The van der Waals surface area contributed by atoms with Gasteiger partial charge >= 0.3 is 0 Å². The third-order valence-corrected chi connectivity index (χ3v) is 5.54. The lowest BCUT2D eigenvalue weighted by molar-refractivity contribution is 0.640. The number of rotatable bonds is 6. The second-order valence-electron chi connectivity index (χ2n) is 7.34. The molecule has 0 radical (unpaired) electrons. The first kappa shape index (κ1) is 17.1. The Kier molecular flexibility index (Phi) is 4.90. The highest BCUT2D eigenvalue weighted by Crippen LogP contribution is 2.43. The van der Waals surface area contributed by atoms with Crippen LogP contribution in [0.3, 0.4) is 0 Å². The lowest BCUT2D eigenvalue weighted by Gasteiger charge is -2.21. The van der Waals surface area contributed by atoms with Gasteiger partial charge < -0.3 is 5.32 Å². The van der Waals surface area contributed by atoms with Gasteiger partial charge in [0.2, 0.25) is 0 Å². The summed E-state index contributed by atoms with van der Waals surface area (Å²) in [5.74, 6) is 0.374. The zero-order valence-corrected chi connectivity index (χ0v) is 15.8. The number of unbranched alkanes of at least 4 members (excludes halogenated alkanes) is 1. The molecule has 4 rings (SSSR count). The molecular formula is C25H27N. The van der Waals surface area contributed by atoms with E-state index in [-0.39, 0.29) is 0 Å². The number of hydrogen-bond donors (Lipinski definition) is 1. The molecule has 1 atom stereocenters. The molecule has 1 heteroatoms. The zero-order valence-electron chi connectivity index (χ0n) is 15.8. The smallest absolute Gasteiger partial charge is 0.0308 e. The summed E-state index contributed by atoms with van der Waals surface area (Å²) in [4.78, 5) is 0. The molecule has 1 aliphatic carbocycles. The molecule has 0 fully saturated rings. The summed E-state index contributed by atoms with van der Waals surface area (Å²) in [6.45, 7) is 6.53. The molecule has 1 N–H and O–H groups in total. The van der Waals surface area contributed by atoms with Gasteiger partial charge in [-0.2, -0.15) is 0 Å². The first-order valence-electron chi connectivity index (χ1n) is 9.78. The first-order valence-corrected chi connectivity index (χ1v) is 9.78. The Balaban J connectivity index is 1.81. The van der Waals surface area contributed by atoms with Crippen molar-refractivity contribution in [1.29, 1.82) is 0 Å². The van der Waals surface area contributed by atoms with Crippen LogP contribution in [0.1, 0.15) is 54.9 Å².